The first-order valence-corrected chi connectivity index (χ1v) is 8.69. The Balaban J connectivity index is 1.84. The summed E-state index contributed by atoms with van der Waals surface area (Å²) in [5, 5.41) is 19.7. The maximum atomic E-state index is 14.7. The van der Waals surface area contributed by atoms with Crippen LogP contribution in [0.1, 0.15) is 18.1 Å². The fourth-order valence-electron chi connectivity index (χ4n) is 3.51. The van der Waals surface area contributed by atoms with Crippen molar-refractivity contribution in [2.24, 2.45) is 0 Å². The molecule has 0 aromatic heterocycles. The molecule has 0 radical (unpaired) electrons. The molecule has 1 aliphatic heterocycles. The van der Waals surface area contributed by atoms with Crippen LogP contribution in [0.5, 0.6) is 0 Å². The first-order chi connectivity index (χ1) is 13.6. The average Bonchev–Trinajstić information content (AvgIpc) is 2.66. The Kier molecular flexibility index (Phi) is 5.33. The second-order valence-corrected chi connectivity index (χ2v) is 6.69. The van der Waals surface area contributed by atoms with Gasteiger partial charge in [-0.1, -0.05) is 0 Å². The Labute approximate surface area is 163 Å². The van der Waals surface area contributed by atoms with Gasteiger partial charge in [-0.25, -0.2) is 4.39 Å². The maximum Gasteiger partial charge on any atom is 0.420 e. The van der Waals surface area contributed by atoms with Gasteiger partial charge >= 0.3 is 6.18 Å². The summed E-state index contributed by atoms with van der Waals surface area (Å²) >= 11 is 0. The van der Waals surface area contributed by atoms with Crippen LogP contribution in [0.15, 0.2) is 36.4 Å². The Hall–Kier alpha value is -3.35. The van der Waals surface area contributed by atoms with Crippen molar-refractivity contribution in [3.05, 3.63) is 63.5 Å². The summed E-state index contributed by atoms with van der Waals surface area (Å²) in [7, 11) is 0. The fraction of sp³-hybridized carbons (Fsp3) is 0.316. The normalized spacial score (nSPS) is 17.2. The quantitative estimate of drug-likeness (QED) is 0.429. The number of nitro benzene ring substituents is 1. The van der Waals surface area contributed by atoms with E-state index in [0.717, 1.165) is 11.8 Å². The van der Waals surface area contributed by atoms with Gasteiger partial charge in [-0.2, -0.15) is 18.4 Å². The number of piperazine rings is 1. The number of rotatable bonds is 3. The van der Waals surface area contributed by atoms with Gasteiger partial charge in [0.2, 0.25) is 0 Å². The van der Waals surface area contributed by atoms with Crippen molar-refractivity contribution < 1.29 is 22.5 Å². The van der Waals surface area contributed by atoms with Gasteiger partial charge in [0.1, 0.15) is 5.56 Å². The van der Waals surface area contributed by atoms with E-state index in [1.807, 2.05) is 11.8 Å². The van der Waals surface area contributed by atoms with Gasteiger partial charge in [-0.3, -0.25) is 10.1 Å². The zero-order valence-corrected chi connectivity index (χ0v) is 15.3. The zero-order chi connectivity index (χ0) is 21.3. The van der Waals surface area contributed by atoms with E-state index in [1.165, 1.54) is 29.2 Å². The highest BCUT2D eigenvalue weighted by molar-refractivity contribution is 5.59. The van der Waals surface area contributed by atoms with Crippen molar-refractivity contribution in [3.63, 3.8) is 0 Å². The molecule has 1 unspecified atom stereocenters. The smallest absolute Gasteiger partial charge is 0.365 e. The highest BCUT2D eigenvalue weighted by Crippen LogP contribution is 2.38. The molecule has 10 heteroatoms. The second-order valence-electron chi connectivity index (χ2n) is 6.69. The first-order valence-electron chi connectivity index (χ1n) is 8.69. The molecule has 29 heavy (non-hydrogen) atoms. The van der Waals surface area contributed by atoms with Gasteiger partial charge in [-0.15, -0.1) is 0 Å². The van der Waals surface area contributed by atoms with Crippen LogP contribution >= 0.6 is 0 Å². The summed E-state index contributed by atoms with van der Waals surface area (Å²) in [6.07, 6.45) is -4.97. The van der Waals surface area contributed by atoms with E-state index in [-0.39, 0.29) is 30.5 Å². The molecule has 1 aliphatic rings. The Morgan fingerprint density at radius 2 is 1.83 bits per heavy atom. The SMILES string of the molecule is CC1CN(c2ccc(C#N)c(C(F)(F)F)c2F)CCN1c1ccc([N+](=O)[O-])cc1. The third-order valence-electron chi connectivity index (χ3n) is 4.89. The van der Waals surface area contributed by atoms with Gasteiger partial charge in [-0.05, 0) is 31.2 Å². The van der Waals surface area contributed by atoms with Crippen molar-refractivity contribution in [1.29, 1.82) is 5.26 Å². The van der Waals surface area contributed by atoms with Gasteiger partial charge in [0, 0.05) is 43.5 Å². The predicted octanol–water partition coefficient (Wildman–Crippen LogP) is 4.34. The van der Waals surface area contributed by atoms with Crippen LogP contribution in [0, 0.1) is 27.3 Å². The molecule has 1 atom stereocenters. The molecule has 1 heterocycles. The van der Waals surface area contributed by atoms with E-state index in [2.05, 4.69) is 0 Å². The number of hydrogen-bond donors (Lipinski definition) is 0. The van der Waals surface area contributed by atoms with E-state index in [9.17, 15) is 27.7 Å². The summed E-state index contributed by atoms with van der Waals surface area (Å²) < 4.78 is 54.4. The molecule has 6 nitrogen and oxygen atoms in total. The van der Waals surface area contributed by atoms with Crippen molar-refractivity contribution in [3.8, 4) is 6.07 Å². The first kappa shape index (κ1) is 20.4. The summed E-state index contributed by atoms with van der Waals surface area (Å²) in [6.45, 7) is 2.72. The van der Waals surface area contributed by atoms with E-state index in [4.69, 9.17) is 5.26 Å². The highest BCUT2D eigenvalue weighted by Gasteiger charge is 2.39. The molecular formula is C19H16F4N4O2. The number of alkyl halides is 3. The van der Waals surface area contributed by atoms with Crippen LogP contribution in [0.3, 0.4) is 0 Å². The largest absolute Gasteiger partial charge is 0.420 e. The molecule has 3 rings (SSSR count). The van der Waals surface area contributed by atoms with E-state index in [1.54, 1.807) is 12.1 Å². The minimum atomic E-state index is -4.97. The number of non-ortho nitro benzene ring substituents is 1. The zero-order valence-electron chi connectivity index (χ0n) is 15.3. The van der Waals surface area contributed by atoms with E-state index >= 15 is 0 Å². The van der Waals surface area contributed by atoms with Crippen LogP contribution in [0.25, 0.3) is 0 Å². The molecule has 0 N–H and O–H groups in total. The monoisotopic (exact) mass is 408 g/mol. The lowest BCUT2D eigenvalue weighted by Gasteiger charge is -2.42. The third-order valence-corrected chi connectivity index (χ3v) is 4.89. The van der Waals surface area contributed by atoms with Crippen LogP contribution in [-0.2, 0) is 6.18 Å². The lowest BCUT2D eigenvalue weighted by atomic mass is 10.0. The molecule has 152 valence electrons. The van der Waals surface area contributed by atoms with E-state index < -0.39 is 28.0 Å². The fourth-order valence-corrected chi connectivity index (χ4v) is 3.51. The number of hydrogen-bond acceptors (Lipinski definition) is 5. The lowest BCUT2D eigenvalue weighted by Crippen LogP contribution is -2.52. The molecule has 2 aromatic rings. The van der Waals surface area contributed by atoms with Crippen LogP contribution in [0.4, 0.5) is 34.6 Å². The predicted molar refractivity (Wildman–Crippen MR) is 98.2 cm³/mol. The topological polar surface area (TPSA) is 73.4 Å². The minimum absolute atomic E-state index is 0.0422. The molecular weight excluding hydrogens is 392 g/mol. The molecule has 0 saturated carbocycles. The Bertz CT molecular complexity index is 970. The average molecular weight is 408 g/mol. The van der Waals surface area contributed by atoms with Crippen molar-refractivity contribution in [2.75, 3.05) is 29.4 Å². The van der Waals surface area contributed by atoms with Crippen LogP contribution < -0.4 is 9.80 Å². The van der Waals surface area contributed by atoms with Crippen molar-refractivity contribution in [2.45, 2.75) is 19.1 Å². The number of nitro groups is 1. The molecule has 0 amide bonds. The highest BCUT2D eigenvalue weighted by atomic mass is 19.4. The molecule has 1 fully saturated rings. The number of anilines is 2. The lowest BCUT2D eigenvalue weighted by molar-refractivity contribution is -0.384. The summed E-state index contributed by atoms with van der Waals surface area (Å²) in [5.41, 5.74) is -1.82. The Morgan fingerprint density at radius 3 is 2.34 bits per heavy atom. The number of nitrogens with zero attached hydrogens (tertiary/aromatic N) is 4. The standard InChI is InChI=1S/C19H16F4N4O2/c1-12-11-25(8-9-26(12)14-3-5-15(6-4-14)27(28)29)16-7-2-13(10-24)17(18(16)20)19(21,22)23/h2-7,12H,8-9,11H2,1H3. The summed E-state index contributed by atoms with van der Waals surface area (Å²) in [6, 6.07) is 9.34. The minimum Gasteiger partial charge on any atom is -0.365 e. The molecule has 0 spiro atoms. The second kappa shape index (κ2) is 7.58. The van der Waals surface area contributed by atoms with Gasteiger partial charge in [0.05, 0.1) is 22.2 Å². The van der Waals surface area contributed by atoms with Crippen LogP contribution in [0.2, 0.25) is 0 Å². The van der Waals surface area contributed by atoms with Crippen molar-refractivity contribution in [1.82, 2.24) is 0 Å². The molecule has 0 aliphatic carbocycles. The van der Waals surface area contributed by atoms with Gasteiger partial charge in [0.15, 0.2) is 5.82 Å². The third kappa shape index (κ3) is 3.94. The summed E-state index contributed by atoms with van der Waals surface area (Å²) in [4.78, 5) is 13.7. The summed E-state index contributed by atoms with van der Waals surface area (Å²) in [5.74, 6) is -1.45. The number of halogens is 4. The van der Waals surface area contributed by atoms with Crippen LogP contribution in [-0.4, -0.2) is 30.6 Å². The molecule has 2 aromatic carbocycles. The molecule has 1 saturated heterocycles. The van der Waals surface area contributed by atoms with Gasteiger partial charge in [0.25, 0.3) is 5.69 Å². The Morgan fingerprint density at radius 1 is 1.17 bits per heavy atom. The molecule has 0 bridgehead atoms. The van der Waals surface area contributed by atoms with Gasteiger partial charge < -0.3 is 9.80 Å². The van der Waals surface area contributed by atoms with E-state index in [0.29, 0.717) is 6.54 Å². The number of benzene rings is 2. The van der Waals surface area contributed by atoms with Crippen molar-refractivity contribution >= 4 is 17.1 Å². The number of nitriles is 1. The maximum absolute atomic E-state index is 14.7.